The molecule has 0 spiro atoms. The summed E-state index contributed by atoms with van der Waals surface area (Å²) >= 11 is 0. The molecule has 2 aromatic heterocycles. The van der Waals surface area contributed by atoms with Crippen molar-refractivity contribution in [1.29, 1.82) is 5.26 Å². The number of benzene rings is 1. The second-order valence-electron chi connectivity index (χ2n) is 5.84. The first-order chi connectivity index (χ1) is 12.4. The summed E-state index contributed by atoms with van der Waals surface area (Å²) in [6.07, 6.45) is 1.37. The summed E-state index contributed by atoms with van der Waals surface area (Å²) in [6, 6.07) is 8.90. The number of imidazole rings is 1. The summed E-state index contributed by atoms with van der Waals surface area (Å²) < 4.78 is 3.67. The molecule has 0 saturated heterocycles. The van der Waals surface area contributed by atoms with Crippen LogP contribution in [0, 0.1) is 11.3 Å². The van der Waals surface area contributed by atoms with Crippen molar-refractivity contribution in [3.8, 4) is 6.07 Å². The SMILES string of the molecule is Cn1c(=O)c2c(ncn2CC(=O)NCc2ccc(C#N)cc2)n(C)c1=O. The highest BCUT2D eigenvalue weighted by Gasteiger charge is 2.15. The van der Waals surface area contributed by atoms with Gasteiger partial charge in [-0.2, -0.15) is 5.26 Å². The molecule has 1 N–H and O–H groups in total. The van der Waals surface area contributed by atoms with Crippen molar-refractivity contribution in [2.75, 3.05) is 0 Å². The van der Waals surface area contributed by atoms with Crippen LogP contribution in [-0.4, -0.2) is 24.6 Å². The van der Waals surface area contributed by atoms with E-state index in [1.54, 1.807) is 24.3 Å². The second-order valence-corrected chi connectivity index (χ2v) is 5.84. The smallest absolute Gasteiger partial charge is 0.332 e. The summed E-state index contributed by atoms with van der Waals surface area (Å²) in [7, 11) is 2.90. The minimum atomic E-state index is -0.500. The Labute approximate surface area is 147 Å². The predicted octanol–water partition coefficient (Wildman–Crippen LogP) is -0.378. The highest BCUT2D eigenvalue weighted by atomic mass is 16.2. The lowest BCUT2D eigenvalue weighted by Gasteiger charge is -2.08. The van der Waals surface area contributed by atoms with E-state index in [1.165, 1.54) is 29.6 Å². The number of hydrogen-bond donors (Lipinski definition) is 1. The van der Waals surface area contributed by atoms with Gasteiger partial charge in [-0.3, -0.25) is 18.7 Å². The molecule has 0 aliphatic rings. The van der Waals surface area contributed by atoms with E-state index in [0.29, 0.717) is 12.1 Å². The summed E-state index contributed by atoms with van der Waals surface area (Å²) in [6.45, 7) is 0.202. The van der Waals surface area contributed by atoms with Crippen LogP contribution in [0.5, 0.6) is 0 Å². The average Bonchev–Trinajstić information content (AvgIpc) is 3.07. The van der Waals surface area contributed by atoms with Gasteiger partial charge in [0.25, 0.3) is 5.56 Å². The Kier molecular flexibility index (Phi) is 4.41. The fraction of sp³-hybridized carbons (Fsp3) is 0.235. The minimum Gasteiger partial charge on any atom is -0.350 e. The molecule has 1 aromatic carbocycles. The van der Waals surface area contributed by atoms with Crippen molar-refractivity contribution in [3.05, 3.63) is 62.6 Å². The molecular weight excluding hydrogens is 336 g/mol. The van der Waals surface area contributed by atoms with E-state index in [4.69, 9.17) is 5.26 Å². The number of aromatic nitrogens is 4. The zero-order chi connectivity index (χ0) is 18.8. The third-order valence-corrected chi connectivity index (χ3v) is 4.10. The van der Waals surface area contributed by atoms with Gasteiger partial charge in [0, 0.05) is 20.6 Å². The molecule has 0 bridgehead atoms. The first-order valence-corrected chi connectivity index (χ1v) is 7.79. The van der Waals surface area contributed by atoms with Crippen molar-refractivity contribution in [2.24, 2.45) is 14.1 Å². The average molecular weight is 352 g/mol. The van der Waals surface area contributed by atoms with Crippen molar-refractivity contribution in [3.63, 3.8) is 0 Å². The van der Waals surface area contributed by atoms with Gasteiger partial charge in [0.2, 0.25) is 5.91 Å². The minimum absolute atomic E-state index is 0.0970. The third kappa shape index (κ3) is 3.00. The predicted molar refractivity (Wildman–Crippen MR) is 93.2 cm³/mol. The molecule has 132 valence electrons. The number of carbonyl (C=O) groups is 1. The first-order valence-electron chi connectivity index (χ1n) is 7.79. The zero-order valence-electron chi connectivity index (χ0n) is 14.3. The van der Waals surface area contributed by atoms with Crippen LogP contribution >= 0.6 is 0 Å². The third-order valence-electron chi connectivity index (χ3n) is 4.10. The molecule has 0 atom stereocenters. The molecule has 3 rings (SSSR count). The van der Waals surface area contributed by atoms with Gasteiger partial charge in [-0.05, 0) is 17.7 Å². The molecule has 1 amide bonds. The van der Waals surface area contributed by atoms with E-state index < -0.39 is 11.2 Å². The van der Waals surface area contributed by atoms with Crippen molar-refractivity contribution < 1.29 is 4.79 Å². The molecule has 0 radical (unpaired) electrons. The molecule has 0 unspecified atom stereocenters. The van der Waals surface area contributed by atoms with Gasteiger partial charge in [0.1, 0.15) is 6.54 Å². The van der Waals surface area contributed by atoms with Gasteiger partial charge in [0.15, 0.2) is 11.2 Å². The van der Waals surface area contributed by atoms with Crippen LogP contribution in [0.3, 0.4) is 0 Å². The van der Waals surface area contributed by atoms with Crippen LogP contribution in [0.1, 0.15) is 11.1 Å². The number of rotatable bonds is 4. The molecule has 9 heteroatoms. The maximum absolute atomic E-state index is 12.3. The zero-order valence-corrected chi connectivity index (χ0v) is 14.3. The molecule has 3 aromatic rings. The maximum Gasteiger partial charge on any atom is 0.332 e. The quantitative estimate of drug-likeness (QED) is 0.687. The van der Waals surface area contributed by atoms with E-state index in [0.717, 1.165) is 10.1 Å². The molecule has 0 aliphatic carbocycles. The lowest BCUT2D eigenvalue weighted by molar-refractivity contribution is -0.121. The van der Waals surface area contributed by atoms with Crippen molar-refractivity contribution >= 4 is 17.1 Å². The maximum atomic E-state index is 12.3. The van der Waals surface area contributed by atoms with E-state index in [-0.39, 0.29) is 23.6 Å². The fourth-order valence-corrected chi connectivity index (χ4v) is 2.63. The van der Waals surface area contributed by atoms with E-state index >= 15 is 0 Å². The number of aryl methyl sites for hydroxylation is 1. The van der Waals surface area contributed by atoms with Gasteiger partial charge in [-0.25, -0.2) is 9.78 Å². The molecule has 2 heterocycles. The Bertz CT molecular complexity index is 1140. The molecular formula is C17H16N6O3. The highest BCUT2D eigenvalue weighted by molar-refractivity contribution is 5.78. The number of amides is 1. The molecule has 26 heavy (non-hydrogen) atoms. The Balaban J connectivity index is 1.78. The number of hydrogen-bond acceptors (Lipinski definition) is 5. The van der Waals surface area contributed by atoms with Crippen LogP contribution < -0.4 is 16.6 Å². The Hall–Kier alpha value is -3.67. The number of nitrogens with one attached hydrogen (secondary N) is 1. The summed E-state index contributed by atoms with van der Waals surface area (Å²) in [4.78, 5) is 40.5. The highest BCUT2D eigenvalue weighted by Crippen LogP contribution is 2.06. The first kappa shape index (κ1) is 17.2. The van der Waals surface area contributed by atoms with Crippen LogP contribution in [0.2, 0.25) is 0 Å². The van der Waals surface area contributed by atoms with Crippen LogP contribution in [0.25, 0.3) is 11.2 Å². The normalized spacial score (nSPS) is 10.7. The second kappa shape index (κ2) is 6.68. The summed E-state index contributed by atoms with van der Waals surface area (Å²) in [5.41, 5.74) is 0.859. The van der Waals surface area contributed by atoms with Crippen LogP contribution in [0.4, 0.5) is 0 Å². The Morgan fingerprint density at radius 3 is 2.54 bits per heavy atom. The molecule has 0 fully saturated rings. The topological polar surface area (TPSA) is 115 Å². The number of nitriles is 1. The van der Waals surface area contributed by atoms with Crippen molar-refractivity contribution in [2.45, 2.75) is 13.1 Å². The number of carbonyl (C=O) groups excluding carboxylic acids is 1. The van der Waals surface area contributed by atoms with E-state index in [1.807, 2.05) is 6.07 Å². The van der Waals surface area contributed by atoms with E-state index in [9.17, 15) is 14.4 Å². The molecule has 0 saturated carbocycles. The van der Waals surface area contributed by atoms with Gasteiger partial charge >= 0.3 is 5.69 Å². The Morgan fingerprint density at radius 2 is 1.88 bits per heavy atom. The number of fused-ring (bicyclic) bond motifs is 1. The van der Waals surface area contributed by atoms with Gasteiger partial charge in [-0.15, -0.1) is 0 Å². The van der Waals surface area contributed by atoms with Gasteiger partial charge in [-0.1, -0.05) is 12.1 Å². The standard InChI is InChI=1S/C17H16N6O3/c1-21-15-14(16(25)22(2)17(21)26)23(10-20-15)9-13(24)19-8-12-5-3-11(7-18)4-6-12/h3-6,10H,8-9H2,1-2H3,(H,19,24). The largest absolute Gasteiger partial charge is 0.350 e. The van der Waals surface area contributed by atoms with Gasteiger partial charge in [0.05, 0.1) is 18.0 Å². The lowest BCUT2D eigenvalue weighted by atomic mass is 10.1. The summed E-state index contributed by atoms with van der Waals surface area (Å²) in [5, 5.41) is 11.5. The number of nitrogens with zero attached hydrogens (tertiary/aromatic N) is 5. The summed E-state index contributed by atoms with van der Waals surface area (Å²) in [5.74, 6) is -0.301. The van der Waals surface area contributed by atoms with Crippen LogP contribution in [0.15, 0.2) is 40.2 Å². The fourth-order valence-electron chi connectivity index (χ4n) is 2.63. The molecule has 9 nitrogen and oxygen atoms in total. The van der Waals surface area contributed by atoms with Crippen molar-refractivity contribution in [1.82, 2.24) is 24.0 Å². The Morgan fingerprint density at radius 1 is 1.19 bits per heavy atom. The van der Waals surface area contributed by atoms with Crippen LogP contribution in [-0.2, 0) is 32.0 Å². The van der Waals surface area contributed by atoms with E-state index in [2.05, 4.69) is 10.3 Å². The van der Waals surface area contributed by atoms with Gasteiger partial charge < -0.3 is 9.88 Å². The lowest BCUT2D eigenvalue weighted by Crippen LogP contribution is -2.38. The molecule has 0 aliphatic heterocycles. The monoisotopic (exact) mass is 352 g/mol.